The molecule has 37 heavy (non-hydrogen) atoms. The first-order valence-corrected chi connectivity index (χ1v) is 11.1. The predicted molar refractivity (Wildman–Crippen MR) is 134 cm³/mol. The van der Waals surface area contributed by atoms with Gasteiger partial charge in [0.05, 0.1) is 36.8 Å². The molecule has 0 saturated carbocycles. The van der Waals surface area contributed by atoms with Gasteiger partial charge in [-0.1, -0.05) is 41.7 Å². The van der Waals surface area contributed by atoms with Crippen molar-refractivity contribution >= 4 is 74.5 Å². The van der Waals surface area contributed by atoms with E-state index in [9.17, 15) is 28.0 Å². The Morgan fingerprint density at radius 1 is 1.08 bits per heavy atom. The van der Waals surface area contributed by atoms with Crippen molar-refractivity contribution in [2.45, 2.75) is 34.9 Å². The molecule has 2 aromatic rings. The zero-order valence-corrected chi connectivity index (χ0v) is 19.8. The molecule has 0 aliphatic carbocycles. The maximum atomic E-state index is 14.7. The lowest BCUT2D eigenvalue weighted by Crippen LogP contribution is -2.67. The van der Waals surface area contributed by atoms with E-state index in [1.807, 2.05) is 10.6 Å². The van der Waals surface area contributed by atoms with Crippen molar-refractivity contribution in [3.05, 3.63) is 69.7 Å². The van der Waals surface area contributed by atoms with Gasteiger partial charge in [-0.15, -0.1) is 0 Å². The summed E-state index contributed by atoms with van der Waals surface area (Å²) >= 11 is 5.71. The van der Waals surface area contributed by atoms with Crippen LogP contribution in [0.3, 0.4) is 0 Å². The van der Waals surface area contributed by atoms with E-state index >= 15 is 0 Å². The Labute approximate surface area is 222 Å². The number of imide groups is 1. The first kappa shape index (κ1) is 27.0. The summed E-state index contributed by atoms with van der Waals surface area (Å²) in [5.74, 6) is -11.1. The van der Waals surface area contributed by atoms with Crippen LogP contribution >= 0.6 is 11.6 Å². The summed E-state index contributed by atoms with van der Waals surface area (Å²) in [6.07, 6.45) is 0. The summed E-state index contributed by atoms with van der Waals surface area (Å²) in [5, 5.41) is 1.82. The van der Waals surface area contributed by atoms with Crippen molar-refractivity contribution in [1.82, 2.24) is 15.5 Å². The van der Waals surface area contributed by atoms with Crippen LogP contribution in [0.25, 0.3) is 0 Å². The molecule has 0 spiro atoms. The van der Waals surface area contributed by atoms with Crippen molar-refractivity contribution in [3.63, 3.8) is 0 Å². The van der Waals surface area contributed by atoms with Gasteiger partial charge in [0.2, 0.25) is 11.8 Å². The molecule has 1 fully saturated rings. The number of nitrogens with zero attached hydrogens (tertiary/aromatic N) is 1. The lowest BCUT2D eigenvalue weighted by atomic mass is 9.48. The normalized spacial score (nSPS) is 24.0. The van der Waals surface area contributed by atoms with Crippen LogP contribution in [0.1, 0.15) is 27.0 Å². The number of hydrogen-bond donors (Lipinski definition) is 2. The molecule has 10 radical (unpaired) electrons. The van der Waals surface area contributed by atoms with E-state index in [1.54, 1.807) is 0 Å². The van der Waals surface area contributed by atoms with E-state index in [0.29, 0.717) is 0 Å². The Hall–Kier alpha value is -3.01. The van der Waals surface area contributed by atoms with Gasteiger partial charge >= 0.3 is 5.92 Å². The number of fused-ring (bicyclic) bond motifs is 1. The summed E-state index contributed by atoms with van der Waals surface area (Å²) in [5.41, 5.74) is -2.48. The number of piperidine rings is 1. The summed E-state index contributed by atoms with van der Waals surface area (Å²) < 4.78 is 29.4. The molecule has 2 aromatic carbocycles. The number of alkyl halides is 2. The van der Waals surface area contributed by atoms with Crippen LogP contribution in [0.15, 0.2) is 42.5 Å². The highest BCUT2D eigenvalue weighted by Crippen LogP contribution is 2.41. The molecule has 2 heterocycles. The molecule has 2 N–H and O–H groups in total. The van der Waals surface area contributed by atoms with E-state index < -0.39 is 57.5 Å². The van der Waals surface area contributed by atoms with Gasteiger partial charge in [0.15, 0.2) is 0 Å². The van der Waals surface area contributed by atoms with E-state index in [-0.39, 0.29) is 28.3 Å². The average Bonchev–Trinajstić information content (AvgIpc) is 3.17. The maximum absolute atomic E-state index is 14.7. The minimum Gasteiger partial charge on any atom is -0.358 e. The molecule has 176 valence electrons. The van der Waals surface area contributed by atoms with Gasteiger partial charge in [-0.2, -0.15) is 8.78 Å². The van der Waals surface area contributed by atoms with E-state index in [0.717, 1.165) is 17.0 Å². The summed E-state index contributed by atoms with van der Waals surface area (Å²) in [7, 11) is 29.9. The molecule has 2 aliphatic rings. The maximum Gasteiger partial charge on any atom is 0.349 e. The Bertz CT molecular complexity index is 1330. The van der Waals surface area contributed by atoms with E-state index in [4.69, 9.17) is 50.8 Å². The lowest BCUT2D eigenvalue weighted by Gasteiger charge is -2.48. The van der Waals surface area contributed by atoms with Gasteiger partial charge in [-0.25, -0.2) is 0 Å². The fourth-order valence-electron chi connectivity index (χ4n) is 4.19. The number of carbonyl (C=O) groups excluding carboxylic acids is 4. The molecule has 0 bridgehead atoms. The molecule has 4 rings (SSSR count). The number of halogens is 3. The first-order valence-electron chi connectivity index (χ1n) is 10.8. The van der Waals surface area contributed by atoms with Crippen molar-refractivity contribution in [2.24, 2.45) is 0 Å². The van der Waals surface area contributed by atoms with Crippen molar-refractivity contribution in [1.29, 1.82) is 0 Å². The molecular weight excluding hydrogens is 498 g/mol. The molecule has 1 saturated heterocycles. The number of hydrogen-bond acceptors (Lipinski definition) is 4. The second-order valence-corrected chi connectivity index (χ2v) is 9.30. The third-order valence-electron chi connectivity index (χ3n) is 6.44. The van der Waals surface area contributed by atoms with Crippen LogP contribution in [-0.2, 0) is 32.2 Å². The highest BCUT2D eigenvalue weighted by molar-refractivity contribution is 6.44. The molecule has 7 nitrogen and oxygen atoms in total. The van der Waals surface area contributed by atoms with Gasteiger partial charge < -0.3 is 10.2 Å². The Kier molecular flexibility index (Phi) is 6.63. The van der Waals surface area contributed by atoms with Crippen LogP contribution in [0.4, 0.5) is 8.78 Å². The van der Waals surface area contributed by atoms with Crippen molar-refractivity contribution in [2.75, 3.05) is 0 Å². The topological polar surface area (TPSA) is 95.6 Å². The molecule has 2 aliphatic heterocycles. The summed E-state index contributed by atoms with van der Waals surface area (Å²) in [4.78, 5) is 50.8. The highest BCUT2D eigenvalue weighted by Gasteiger charge is 2.53. The van der Waals surface area contributed by atoms with Gasteiger partial charge in [0.25, 0.3) is 11.8 Å². The summed E-state index contributed by atoms with van der Waals surface area (Å²) in [6.45, 7) is -0.272. The molecule has 3 atom stereocenters. The molecule has 2 unspecified atom stereocenters. The second kappa shape index (κ2) is 9.08. The molecule has 4 amide bonds. The molecule has 15 heteroatoms. The minimum absolute atomic E-state index is 0.0310. The number of carbonyl (C=O) groups is 4. The van der Waals surface area contributed by atoms with Gasteiger partial charge in [-0.3, -0.25) is 24.5 Å². The van der Waals surface area contributed by atoms with Crippen LogP contribution < -0.4 is 10.6 Å². The van der Waals surface area contributed by atoms with Crippen molar-refractivity contribution in [3.8, 4) is 0 Å². The van der Waals surface area contributed by atoms with Crippen LogP contribution in [-0.4, -0.2) is 73.2 Å². The van der Waals surface area contributed by atoms with Gasteiger partial charge in [-0.05, 0) is 40.5 Å². The van der Waals surface area contributed by atoms with Crippen LogP contribution in [0.2, 0.25) is 16.7 Å². The zero-order valence-electron chi connectivity index (χ0n) is 19.0. The summed E-state index contributed by atoms with van der Waals surface area (Å²) in [6, 6.07) is 8.21. The van der Waals surface area contributed by atoms with Gasteiger partial charge in [0, 0.05) is 22.7 Å². The SMILES string of the molecule is [B]C1C(=O)NC(=O)[C@@]([B])(N2Cc3cc(C([B])([B])NC(=O)C(F)(F)c4ccc(Cl)cc4)ccc3C2=O)C1[B]. The largest absolute Gasteiger partial charge is 0.358 e. The zero-order chi connectivity index (χ0) is 27.5. The molecule has 0 aromatic heterocycles. The fourth-order valence-corrected chi connectivity index (χ4v) is 4.32. The number of amides is 4. The Morgan fingerprint density at radius 3 is 2.30 bits per heavy atom. The average molecular weight is 511 g/mol. The lowest BCUT2D eigenvalue weighted by molar-refractivity contribution is -0.147. The number of rotatable bonds is 5. The monoisotopic (exact) mass is 511 g/mol. The Balaban J connectivity index is 1.59. The van der Waals surface area contributed by atoms with E-state index in [1.165, 1.54) is 30.3 Å². The smallest absolute Gasteiger partial charge is 0.349 e. The second-order valence-electron chi connectivity index (χ2n) is 8.86. The quantitative estimate of drug-likeness (QED) is 0.440. The molecular formula is C22H13B5ClF2N3O4. The predicted octanol–water partition coefficient (Wildman–Crippen LogP) is 0.0865. The third-order valence-corrected chi connectivity index (χ3v) is 6.70. The highest BCUT2D eigenvalue weighted by atomic mass is 35.5. The van der Waals surface area contributed by atoms with E-state index in [2.05, 4.69) is 0 Å². The van der Waals surface area contributed by atoms with Crippen LogP contribution in [0.5, 0.6) is 0 Å². The van der Waals surface area contributed by atoms with Gasteiger partial charge in [0.1, 0.15) is 7.85 Å². The standard InChI is InChI=1S/C22H13B5ClF2N3O4/c23-14-15(24)20(25,18(36)31-16(14)34)33-8-9-7-11(3-6-13(9)17(33)35)22(26,27)32-19(37)21(29,30)10-1-4-12(28)5-2-10/h1-7,14-15H,8H2,(H,32,37)(H,31,34,36)/t14?,15?,20-/m0/s1. The first-order chi connectivity index (χ1) is 17.1. The number of benzene rings is 2. The fraction of sp³-hybridized carbons (Fsp3) is 0.273. The number of nitrogens with one attached hydrogen (secondary N) is 2. The Morgan fingerprint density at radius 2 is 1.68 bits per heavy atom. The van der Waals surface area contributed by atoms with Crippen LogP contribution in [0, 0.1) is 0 Å². The minimum atomic E-state index is -4.00. The third kappa shape index (κ3) is 4.39. The van der Waals surface area contributed by atoms with Crippen molar-refractivity contribution < 1.29 is 28.0 Å².